The van der Waals surface area contributed by atoms with Crippen LogP contribution in [0.15, 0.2) is 10.5 Å². The molecule has 1 fully saturated rings. The number of carbonyl (C=O) groups is 1. The van der Waals surface area contributed by atoms with Gasteiger partial charge in [0, 0.05) is 18.7 Å². The molecule has 1 N–H and O–H groups in total. The average Bonchev–Trinajstić information content (AvgIpc) is 2.76. The van der Waals surface area contributed by atoms with Gasteiger partial charge in [-0.3, -0.25) is 4.90 Å². The molecule has 0 atom stereocenters. The fourth-order valence-corrected chi connectivity index (χ4v) is 2.84. The Hall–Kier alpha value is -1.49. The van der Waals surface area contributed by atoms with Crippen LogP contribution >= 0.6 is 0 Å². The number of amides is 1. The van der Waals surface area contributed by atoms with Gasteiger partial charge in [-0.1, -0.05) is 0 Å². The van der Waals surface area contributed by atoms with Crippen LogP contribution in [0.2, 0.25) is 0 Å². The number of nitrogens with one attached hydrogen (secondary N) is 1. The van der Waals surface area contributed by atoms with Crippen LogP contribution in [0.3, 0.4) is 0 Å². The highest BCUT2D eigenvalue weighted by atomic mass is 16.5. The topological polar surface area (TPSA) is 54.7 Å². The molecule has 118 valence electrons. The second-order valence-corrected chi connectivity index (χ2v) is 5.76. The molecule has 21 heavy (non-hydrogen) atoms. The molecule has 5 heteroatoms. The summed E-state index contributed by atoms with van der Waals surface area (Å²) in [5.74, 6) is 2.56. The number of nitrogens with zero attached hydrogens (tertiary/aromatic N) is 1. The van der Waals surface area contributed by atoms with Crippen LogP contribution in [0, 0.1) is 19.8 Å². The number of aryl methyl sites for hydroxylation is 2. The van der Waals surface area contributed by atoms with Crippen molar-refractivity contribution in [3.05, 3.63) is 23.2 Å². The van der Waals surface area contributed by atoms with E-state index in [2.05, 4.69) is 16.3 Å². The van der Waals surface area contributed by atoms with Crippen LogP contribution < -0.4 is 5.32 Å². The molecule has 0 bridgehead atoms. The Morgan fingerprint density at radius 2 is 2.14 bits per heavy atom. The van der Waals surface area contributed by atoms with Gasteiger partial charge in [0.15, 0.2) is 0 Å². The first kappa shape index (κ1) is 15.9. The molecule has 1 aromatic rings. The zero-order chi connectivity index (χ0) is 15.2. The number of hydrogen-bond donors (Lipinski definition) is 1. The predicted molar refractivity (Wildman–Crippen MR) is 81.2 cm³/mol. The zero-order valence-corrected chi connectivity index (χ0v) is 13.3. The van der Waals surface area contributed by atoms with Gasteiger partial charge < -0.3 is 14.5 Å². The minimum Gasteiger partial charge on any atom is -0.466 e. The number of piperidine rings is 1. The molecule has 0 saturated carbocycles. The molecular weight excluding hydrogens is 268 g/mol. The van der Waals surface area contributed by atoms with E-state index in [-0.39, 0.29) is 6.09 Å². The largest absolute Gasteiger partial charge is 0.466 e. The summed E-state index contributed by atoms with van der Waals surface area (Å²) in [7, 11) is 0. The Morgan fingerprint density at radius 3 is 2.71 bits per heavy atom. The Bertz CT molecular complexity index is 462. The number of alkyl carbamates (subject to hydrolysis) is 1. The van der Waals surface area contributed by atoms with Gasteiger partial charge >= 0.3 is 6.09 Å². The zero-order valence-electron chi connectivity index (χ0n) is 13.3. The standard InChI is InChI=1S/C16H26N2O3/c1-4-20-16(19)17-10-14-5-7-18(8-6-14)11-15-9-12(2)21-13(15)3/h9,14H,4-8,10-11H2,1-3H3,(H,17,19). The summed E-state index contributed by atoms with van der Waals surface area (Å²) in [4.78, 5) is 13.7. The maximum Gasteiger partial charge on any atom is 0.407 e. The van der Waals surface area contributed by atoms with E-state index in [1.807, 2.05) is 20.8 Å². The van der Waals surface area contributed by atoms with Crippen molar-refractivity contribution in [3.63, 3.8) is 0 Å². The Morgan fingerprint density at radius 1 is 1.43 bits per heavy atom. The van der Waals surface area contributed by atoms with E-state index in [4.69, 9.17) is 9.15 Å². The monoisotopic (exact) mass is 294 g/mol. The fourth-order valence-electron chi connectivity index (χ4n) is 2.84. The van der Waals surface area contributed by atoms with E-state index in [1.54, 1.807) is 0 Å². The number of rotatable bonds is 5. The summed E-state index contributed by atoms with van der Waals surface area (Å²) < 4.78 is 10.5. The first-order valence-corrected chi connectivity index (χ1v) is 7.77. The average molecular weight is 294 g/mol. The number of ether oxygens (including phenoxy) is 1. The lowest BCUT2D eigenvalue weighted by Crippen LogP contribution is -2.38. The Balaban J connectivity index is 1.71. The van der Waals surface area contributed by atoms with Crippen LogP contribution in [0.4, 0.5) is 4.79 Å². The van der Waals surface area contributed by atoms with Crippen molar-refractivity contribution in [1.29, 1.82) is 0 Å². The van der Waals surface area contributed by atoms with E-state index >= 15 is 0 Å². The summed E-state index contributed by atoms with van der Waals surface area (Å²) >= 11 is 0. The molecule has 1 amide bonds. The van der Waals surface area contributed by atoms with Crippen LogP contribution in [0.25, 0.3) is 0 Å². The first-order chi connectivity index (χ1) is 10.1. The lowest BCUT2D eigenvalue weighted by molar-refractivity contribution is 0.142. The van der Waals surface area contributed by atoms with Crippen molar-refractivity contribution in [3.8, 4) is 0 Å². The number of likely N-dealkylation sites (tertiary alicyclic amines) is 1. The minimum absolute atomic E-state index is 0.301. The van der Waals surface area contributed by atoms with E-state index < -0.39 is 0 Å². The molecule has 0 aliphatic carbocycles. The van der Waals surface area contributed by atoms with Crippen molar-refractivity contribution in [2.24, 2.45) is 5.92 Å². The van der Waals surface area contributed by atoms with Crippen molar-refractivity contribution < 1.29 is 13.9 Å². The highest BCUT2D eigenvalue weighted by molar-refractivity contribution is 5.66. The van der Waals surface area contributed by atoms with Crippen LogP contribution in [-0.4, -0.2) is 37.2 Å². The summed E-state index contributed by atoms with van der Waals surface area (Å²) in [6, 6.07) is 2.13. The van der Waals surface area contributed by atoms with Gasteiger partial charge in [0.2, 0.25) is 0 Å². The lowest BCUT2D eigenvalue weighted by atomic mass is 9.96. The molecule has 0 spiro atoms. The molecule has 1 aliphatic rings. The third kappa shape index (κ3) is 4.77. The molecule has 1 saturated heterocycles. The van der Waals surface area contributed by atoms with Crippen molar-refractivity contribution in [1.82, 2.24) is 10.2 Å². The molecule has 1 aromatic heterocycles. The number of carbonyl (C=O) groups excluding carboxylic acids is 1. The predicted octanol–water partition coefficient (Wildman–Crippen LogP) is 2.85. The molecule has 0 radical (unpaired) electrons. The second-order valence-electron chi connectivity index (χ2n) is 5.76. The molecule has 2 heterocycles. The lowest BCUT2D eigenvalue weighted by Gasteiger charge is -2.31. The maximum absolute atomic E-state index is 11.3. The summed E-state index contributed by atoms with van der Waals surface area (Å²) in [6.45, 7) is 10.1. The first-order valence-electron chi connectivity index (χ1n) is 7.77. The van der Waals surface area contributed by atoms with Gasteiger partial charge in [-0.05, 0) is 58.7 Å². The summed E-state index contributed by atoms with van der Waals surface area (Å²) in [5.41, 5.74) is 1.29. The van der Waals surface area contributed by atoms with Crippen molar-refractivity contribution >= 4 is 6.09 Å². The molecule has 0 aromatic carbocycles. The normalized spacial score (nSPS) is 16.9. The van der Waals surface area contributed by atoms with Crippen LogP contribution in [0.5, 0.6) is 0 Å². The molecule has 0 unspecified atom stereocenters. The van der Waals surface area contributed by atoms with E-state index in [1.165, 1.54) is 5.56 Å². The highest BCUT2D eigenvalue weighted by Gasteiger charge is 2.21. The van der Waals surface area contributed by atoms with Gasteiger partial charge in [-0.15, -0.1) is 0 Å². The minimum atomic E-state index is -0.301. The van der Waals surface area contributed by atoms with E-state index in [9.17, 15) is 4.79 Å². The number of furan rings is 1. The number of hydrogen-bond acceptors (Lipinski definition) is 4. The molecule has 1 aliphatic heterocycles. The molecule has 5 nitrogen and oxygen atoms in total. The van der Waals surface area contributed by atoms with Gasteiger partial charge in [0.05, 0.1) is 6.61 Å². The Labute approximate surface area is 126 Å². The fraction of sp³-hybridized carbons (Fsp3) is 0.688. The third-order valence-corrected chi connectivity index (χ3v) is 4.06. The van der Waals surface area contributed by atoms with Crippen LogP contribution in [-0.2, 0) is 11.3 Å². The summed E-state index contributed by atoms with van der Waals surface area (Å²) in [6.07, 6.45) is 1.93. The quantitative estimate of drug-likeness (QED) is 0.907. The molecule has 2 rings (SSSR count). The molecular formula is C16H26N2O3. The smallest absolute Gasteiger partial charge is 0.407 e. The SMILES string of the molecule is CCOC(=O)NCC1CCN(Cc2cc(C)oc2C)CC1. The van der Waals surface area contributed by atoms with Gasteiger partial charge in [-0.2, -0.15) is 0 Å². The van der Waals surface area contributed by atoms with Crippen molar-refractivity contribution in [2.45, 2.75) is 40.2 Å². The van der Waals surface area contributed by atoms with E-state index in [0.29, 0.717) is 12.5 Å². The Kier molecular flexibility index (Phi) is 5.67. The van der Waals surface area contributed by atoms with Gasteiger partial charge in [-0.25, -0.2) is 4.79 Å². The van der Waals surface area contributed by atoms with Crippen molar-refractivity contribution in [2.75, 3.05) is 26.2 Å². The third-order valence-electron chi connectivity index (χ3n) is 4.06. The highest BCUT2D eigenvalue weighted by Crippen LogP contribution is 2.21. The van der Waals surface area contributed by atoms with Crippen LogP contribution in [0.1, 0.15) is 36.8 Å². The second kappa shape index (κ2) is 7.50. The maximum atomic E-state index is 11.3. The van der Waals surface area contributed by atoms with Gasteiger partial charge in [0.1, 0.15) is 11.5 Å². The summed E-state index contributed by atoms with van der Waals surface area (Å²) in [5, 5.41) is 2.84. The van der Waals surface area contributed by atoms with E-state index in [0.717, 1.165) is 50.5 Å². The van der Waals surface area contributed by atoms with Gasteiger partial charge in [0.25, 0.3) is 0 Å².